The van der Waals surface area contributed by atoms with Gasteiger partial charge in [0.25, 0.3) is 0 Å². The number of rotatable bonds is 4. The number of amides is 1. The van der Waals surface area contributed by atoms with Gasteiger partial charge in [0.2, 0.25) is 15.9 Å². The number of nitrogens with zero attached hydrogens (tertiary/aromatic N) is 2. The van der Waals surface area contributed by atoms with E-state index < -0.39 is 15.8 Å². The van der Waals surface area contributed by atoms with Crippen molar-refractivity contribution >= 4 is 15.9 Å². The number of halogens is 1. The summed E-state index contributed by atoms with van der Waals surface area (Å²) >= 11 is 0. The third-order valence-corrected chi connectivity index (χ3v) is 6.97. The number of ether oxygens (including phenoxy) is 1. The molecule has 0 aliphatic carbocycles. The fourth-order valence-corrected chi connectivity index (χ4v) is 5.07. The molecule has 0 spiro atoms. The second-order valence-electron chi connectivity index (χ2n) is 6.84. The van der Waals surface area contributed by atoms with E-state index in [4.69, 9.17) is 4.74 Å². The SMILES string of the molecule is CCC1CN(C(=O)C2CCCN(S(=O)(=O)c3ccc(F)cc3)C2)CCO1. The molecule has 2 saturated heterocycles. The summed E-state index contributed by atoms with van der Waals surface area (Å²) in [4.78, 5) is 14.7. The Kier molecular flexibility index (Phi) is 5.94. The molecule has 6 nitrogen and oxygen atoms in total. The van der Waals surface area contributed by atoms with Crippen molar-refractivity contribution in [3.8, 4) is 0 Å². The lowest BCUT2D eigenvalue weighted by Gasteiger charge is -2.37. The lowest BCUT2D eigenvalue weighted by Crippen LogP contribution is -2.51. The van der Waals surface area contributed by atoms with Gasteiger partial charge < -0.3 is 9.64 Å². The van der Waals surface area contributed by atoms with Crippen molar-refractivity contribution in [2.75, 3.05) is 32.8 Å². The van der Waals surface area contributed by atoms with Gasteiger partial charge in [-0.3, -0.25) is 4.79 Å². The Morgan fingerprint density at radius 2 is 1.96 bits per heavy atom. The Morgan fingerprint density at radius 3 is 2.65 bits per heavy atom. The van der Waals surface area contributed by atoms with Gasteiger partial charge in [0.05, 0.1) is 23.5 Å². The molecule has 2 heterocycles. The lowest BCUT2D eigenvalue weighted by molar-refractivity contribution is -0.144. The summed E-state index contributed by atoms with van der Waals surface area (Å²) in [6.07, 6.45) is 2.22. The Labute approximate surface area is 154 Å². The van der Waals surface area contributed by atoms with Gasteiger partial charge in [-0.2, -0.15) is 4.31 Å². The first-order valence-corrected chi connectivity index (χ1v) is 10.5. The van der Waals surface area contributed by atoms with Crippen LogP contribution in [0.2, 0.25) is 0 Å². The number of piperidine rings is 1. The molecular formula is C18H25FN2O4S. The summed E-state index contributed by atoms with van der Waals surface area (Å²) in [5.74, 6) is -0.811. The number of carbonyl (C=O) groups excluding carboxylic acids is 1. The summed E-state index contributed by atoms with van der Waals surface area (Å²) in [5, 5.41) is 0. The van der Waals surface area contributed by atoms with Crippen LogP contribution in [0.5, 0.6) is 0 Å². The molecule has 1 amide bonds. The van der Waals surface area contributed by atoms with Crippen LogP contribution in [0.1, 0.15) is 26.2 Å². The van der Waals surface area contributed by atoms with Crippen LogP contribution in [0, 0.1) is 11.7 Å². The van der Waals surface area contributed by atoms with Crippen molar-refractivity contribution in [1.82, 2.24) is 9.21 Å². The van der Waals surface area contributed by atoms with Gasteiger partial charge in [-0.15, -0.1) is 0 Å². The van der Waals surface area contributed by atoms with Crippen molar-refractivity contribution in [3.05, 3.63) is 30.1 Å². The van der Waals surface area contributed by atoms with Crippen LogP contribution in [0.3, 0.4) is 0 Å². The van der Waals surface area contributed by atoms with Crippen molar-refractivity contribution < 1.29 is 22.3 Å². The zero-order chi connectivity index (χ0) is 18.7. The van der Waals surface area contributed by atoms with E-state index in [0.29, 0.717) is 39.1 Å². The normalized spacial score (nSPS) is 25.2. The summed E-state index contributed by atoms with van der Waals surface area (Å²) in [6, 6.07) is 4.81. The monoisotopic (exact) mass is 384 g/mol. The molecule has 0 aromatic heterocycles. The molecule has 0 radical (unpaired) electrons. The number of carbonyl (C=O) groups is 1. The molecule has 2 unspecified atom stereocenters. The maximum Gasteiger partial charge on any atom is 0.243 e. The maximum atomic E-state index is 13.1. The van der Waals surface area contributed by atoms with Crippen LogP contribution in [0.4, 0.5) is 4.39 Å². The third kappa shape index (κ3) is 4.07. The Hall–Kier alpha value is -1.51. The lowest BCUT2D eigenvalue weighted by atomic mass is 9.97. The summed E-state index contributed by atoms with van der Waals surface area (Å²) < 4.78 is 45.6. The highest BCUT2D eigenvalue weighted by molar-refractivity contribution is 7.89. The summed E-state index contributed by atoms with van der Waals surface area (Å²) in [6.45, 7) is 4.22. The van der Waals surface area contributed by atoms with Crippen molar-refractivity contribution in [3.63, 3.8) is 0 Å². The molecule has 0 bridgehead atoms. The highest BCUT2D eigenvalue weighted by atomic mass is 32.2. The highest BCUT2D eigenvalue weighted by Gasteiger charge is 2.36. The molecule has 2 atom stereocenters. The highest BCUT2D eigenvalue weighted by Crippen LogP contribution is 2.26. The van der Waals surface area contributed by atoms with Crippen LogP contribution >= 0.6 is 0 Å². The molecule has 1 aromatic carbocycles. The molecule has 0 N–H and O–H groups in total. The predicted molar refractivity (Wildman–Crippen MR) is 94.5 cm³/mol. The molecule has 8 heteroatoms. The van der Waals surface area contributed by atoms with Crippen LogP contribution in [-0.4, -0.2) is 62.4 Å². The molecule has 1 aromatic rings. The quantitative estimate of drug-likeness (QED) is 0.795. The molecule has 144 valence electrons. The van der Waals surface area contributed by atoms with Gasteiger partial charge in [0.1, 0.15) is 5.82 Å². The average molecular weight is 384 g/mol. The molecular weight excluding hydrogens is 359 g/mol. The van der Waals surface area contributed by atoms with E-state index in [1.54, 1.807) is 4.90 Å². The van der Waals surface area contributed by atoms with E-state index in [-0.39, 0.29) is 29.4 Å². The van der Waals surface area contributed by atoms with E-state index >= 15 is 0 Å². The summed E-state index contributed by atoms with van der Waals surface area (Å²) in [5.41, 5.74) is 0. The number of hydrogen-bond acceptors (Lipinski definition) is 4. The number of sulfonamides is 1. The van der Waals surface area contributed by atoms with Crippen LogP contribution in [-0.2, 0) is 19.6 Å². The Balaban J connectivity index is 1.70. The molecule has 0 saturated carbocycles. The maximum absolute atomic E-state index is 13.1. The standard InChI is InChI=1S/C18H25FN2O4S/c1-2-16-13-20(10-11-25-16)18(22)14-4-3-9-21(12-14)26(23,24)17-7-5-15(19)6-8-17/h5-8,14,16H,2-4,9-13H2,1H3. The van der Waals surface area contributed by atoms with Crippen molar-refractivity contribution in [2.24, 2.45) is 5.92 Å². The van der Waals surface area contributed by atoms with Crippen LogP contribution in [0.25, 0.3) is 0 Å². The smallest absolute Gasteiger partial charge is 0.243 e. The molecule has 2 fully saturated rings. The minimum absolute atomic E-state index is 0.00533. The predicted octanol–water partition coefficient (Wildman–Crippen LogP) is 1.86. The first-order valence-electron chi connectivity index (χ1n) is 9.08. The third-order valence-electron chi connectivity index (χ3n) is 5.09. The van der Waals surface area contributed by atoms with Gasteiger partial charge >= 0.3 is 0 Å². The van der Waals surface area contributed by atoms with Gasteiger partial charge in [0, 0.05) is 26.2 Å². The average Bonchev–Trinajstić information content (AvgIpc) is 2.68. The van der Waals surface area contributed by atoms with E-state index in [1.165, 1.54) is 16.4 Å². The van der Waals surface area contributed by atoms with E-state index in [2.05, 4.69) is 0 Å². The molecule has 3 rings (SSSR count). The van der Waals surface area contributed by atoms with Crippen molar-refractivity contribution in [1.29, 1.82) is 0 Å². The number of morpholine rings is 1. The minimum Gasteiger partial charge on any atom is -0.375 e. The van der Waals surface area contributed by atoms with Gasteiger partial charge in [-0.1, -0.05) is 6.92 Å². The molecule has 26 heavy (non-hydrogen) atoms. The molecule has 2 aliphatic rings. The van der Waals surface area contributed by atoms with Crippen LogP contribution < -0.4 is 0 Å². The minimum atomic E-state index is -3.72. The zero-order valence-electron chi connectivity index (χ0n) is 14.9. The van der Waals surface area contributed by atoms with Gasteiger partial charge in [0.15, 0.2) is 0 Å². The first kappa shape index (κ1) is 19.3. The van der Waals surface area contributed by atoms with E-state index in [9.17, 15) is 17.6 Å². The first-order chi connectivity index (χ1) is 12.4. The Bertz CT molecular complexity index is 738. The Morgan fingerprint density at radius 1 is 1.23 bits per heavy atom. The van der Waals surface area contributed by atoms with Crippen LogP contribution in [0.15, 0.2) is 29.2 Å². The number of hydrogen-bond donors (Lipinski definition) is 0. The topological polar surface area (TPSA) is 66.9 Å². The summed E-state index contributed by atoms with van der Waals surface area (Å²) in [7, 11) is -3.72. The van der Waals surface area contributed by atoms with E-state index in [1.807, 2.05) is 6.92 Å². The van der Waals surface area contributed by atoms with Gasteiger partial charge in [-0.25, -0.2) is 12.8 Å². The zero-order valence-corrected chi connectivity index (χ0v) is 15.8. The van der Waals surface area contributed by atoms with E-state index in [0.717, 1.165) is 18.6 Å². The van der Waals surface area contributed by atoms with Crippen molar-refractivity contribution in [2.45, 2.75) is 37.2 Å². The fraction of sp³-hybridized carbons (Fsp3) is 0.611. The fourth-order valence-electron chi connectivity index (χ4n) is 3.54. The second-order valence-corrected chi connectivity index (χ2v) is 8.78. The number of benzene rings is 1. The van der Waals surface area contributed by atoms with Gasteiger partial charge in [-0.05, 0) is 43.5 Å². The molecule has 2 aliphatic heterocycles. The second kappa shape index (κ2) is 8.02. The largest absolute Gasteiger partial charge is 0.375 e.